The summed E-state index contributed by atoms with van der Waals surface area (Å²) >= 11 is 6.03. The van der Waals surface area contributed by atoms with E-state index in [1.54, 1.807) is 66.7 Å². The molecule has 1 saturated carbocycles. The van der Waals surface area contributed by atoms with Gasteiger partial charge >= 0.3 is 0 Å². The first kappa shape index (κ1) is 20.0. The van der Waals surface area contributed by atoms with Crippen molar-refractivity contribution in [2.45, 2.75) is 30.3 Å². The number of anilines is 1. The van der Waals surface area contributed by atoms with Crippen molar-refractivity contribution < 1.29 is 13.5 Å². The minimum Gasteiger partial charge on any atom is -0.380 e. The van der Waals surface area contributed by atoms with E-state index in [9.17, 15) is 13.5 Å². The first-order valence-corrected chi connectivity index (χ1v) is 11.3. The lowest BCUT2D eigenvalue weighted by atomic mass is 9.81. The van der Waals surface area contributed by atoms with Gasteiger partial charge in [-0.25, -0.2) is 8.42 Å². The van der Waals surface area contributed by atoms with Gasteiger partial charge in [0, 0.05) is 10.6 Å². The highest BCUT2D eigenvalue weighted by Crippen LogP contribution is 2.51. The summed E-state index contributed by atoms with van der Waals surface area (Å²) < 4.78 is 28.6. The minimum absolute atomic E-state index is 0.0219. The Hall–Kier alpha value is -2.34. The third-order valence-corrected chi connectivity index (χ3v) is 7.00. The molecule has 3 aromatic carbocycles. The quantitative estimate of drug-likeness (QED) is 0.575. The second kappa shape index (κ2) is 7.48. The summed E-state index contributed by atoms with van der Waals surface area (Å²) in [5.41, 5.74) is 1.30. The molecular weight excluding hydrogens is 406 g/mol. The van der Waals surface area contributed by atoms with Gasteiger partial charge in [0.1, 0.15) is 5.60 Å². The van der Waals surface area contributed by atoms with Crippen LogP contribution in [0.1, 0.15) is 29.5 Å². The van der Waals surface area contributed by atoms with E-state index in [0.29, 0.717) is 21.8 Å². The Labute approximate surface area is 176 Å². The van der Waals surface area contributed by atoms with Crippen LogP contribution in [0.15, 0.2) is 77.7 Å². The molecule has 1 aliphatic carbocycles. The van der Waals surface area contributed by atoms with Crippen LogP contribution in [0, 0.1) is 12.8 Å². The molecule has 1 aliphatic rings. The second-order valence-electron chi connectivity index (χ2n) is 7.51. The normalized spacial score (nSPS) is 16.2. The van der Waals surface area contributed by atoms with E-state index < -0.39 is 15.6 Å². The van der Waals surface area contributed by atoms with Crippen molar-refractivity contribution in [1.82, 2.24) is 0 Å². The van der Waals surface area contributed by atoms with E-state index in [0.717, 1.165) is 18.4 Å². The smallest absolute Gasteiger partial charge is 0.261 e. The fourth-order valence-electron chi connectivity index (χ4n) is 3.64. The summed E-state index contributed by atoms with van der Waals surface area (Å²) in [6.07, 6.45) is 1.75. The van der Waals surface area contributed by atoms with Crippen LogP contribution in [0.3, 0.4) is 0 Å². The van der Waals surface area contributed by atoms with Crippen LogP contribution < -0.4 is 4.72 Å². The first-order chi connectivity index (χ1) is 13.8. The molecule has 4 nitrogen and oxygen atoms in total. The van der Waals surface area contributed by atoms with Crippen molar-refractivity contribution in [1.29, 1.82) is 0 Å². The highest BCUT2D eigenvalue weighted by atomic mass is 35.5. The van der Waals surface area contributed by atoms with Crippen LogP contribution in [0.2, 0.25) is 5.02 Å². The van der Waals surface area contributed by atoms with Gasteiger partial charge in [-0.2, -0.15) is 0 Å². The average Bonchev–Trinajstić information content (AvgIpc) is 3.54. The number of para-hydroxylation sites is 1. The molecule has 4 rings (SSSR count). The number of sulfonamides is 1. The Morgan fingerprint density at radius 2 is 1.59 bits per heavy atom. The highest BCUT2D eigenvalue weighted by Gasteiger charge is 2.47. The van der Waals surface area contributed by atoms with E-state index in [-0.39, 0.29) is 10.8 Å². The first-order valence-electron chi connectivity index (χ1n) is 9.48. The zero-order chi connectivity index (χ0) is 20.6. The molecule has 1 unspecified atom stereocenters. The summed E-state index contributed by atoms with van der Waals surface area (Å²) in [4.78, 5) is 0.180. The molecule has 150 valence electrons. The average molecular weight is 428 g/mol. The van der Waals surface area contributed by atoms with Gasteiger partial charge in [0.05, 0.1) is 10.6 Å². The summed E-state index contributed by atoms with van der Waals surface area (Å²) in [5.74, 6) is 0.0219. The molecule has 2 N–H and O–H groups in total. The number of hydrogen-bond donors (Lipinski definition) is 2. The molecular formula is C23H22ClNO3S. The lowest BCUT2D eigenvalue weighted by Crippen LogP contribution is -2.31. The molecule has 0 amide bonds. The largest absolute Gasteiger partial charge is 0.380 e. The predicted octanol–water partition coefficient (Wildman–Crippen LogP) is 5.10. The van der Waals surface area contributed by atoms with Gasteiger partial charge in [-0.1, -0.05) is 59.6 Å². The number of nitrogens with one attached hydrogen (secondary N) is 1. The third-order valence-electron chi connectivity index (χ3n) is 5.37. The van der Waals surface area contributed by atoms with Crippen LogP contribution in [0.5, 0.6) is 0 Å². The zero-order valence-electron chi connectivity index (χ0n) is 16.0. The molecule has 29 heavy (non-hydrogen) atoms. The van der Waals surface area contributed by atoms with Gasteiger partial charge < -0.3 is 5.11 Å². The Balaban J connectivity index is 1.78. The lowest BCUT2D eigenvalue weighted by molar-refractivity contribution is 0.0572. The van der Waals surface area contributed by atoms with E-state index in [2.05, 4.69) is 4.72 Å². The molecule has 3 aromatic rings. The van der Waals surface area contributed by atoms with Crippen molar-refractivity contribution >= 4 is 27.3 Å². The number of aryl methyl sites for hydroxylation is 1. The van der Waals surface area contributed by atoms with Gasteiger partial charge in [0.25, 0.3) is 10.0 Å². The Morgan fingerprint density at radius 3 is 2.21 bits per heavy atom. The zero-order valence-corrected chi connectivity index (χ0v) is 17.5. The van der Waals surface area contributed by atoms with E-state index >= 15 is 0 Å². The van der Waals surface area contributed by atoms with E-state index in [1.165, 1.54) is 0 Å². The van der Waals surface area contributed by atoms with Gasteiger partial charge in [0.2, 0.25) is 0 Å². The van der Waals surface area contributed by atoms with Crippen LogP contribution in [0.4, 0.5) is 5.69 Å². The number of rotatable bonds is 6. The Kier molecular flexibility index (Phi) is 5.15. The van der Waals surface area contributed by atoms with Crippen LogP contribution in [-0.4, -0.2) is 13.5 Å². The summed E-state index contributed by atoms with van der Waals surface area (Å²) in [6, 6.07) is 20.8. The molecule has 0 aromatic heterocycles. The summed E-state index contributed by atoms with van der Waals surface area (Å²) in [6.45, 7) is 1.90. The molecule has 0 radical (unpaired) electrons. The fourth-order valence-corrected chi connectivity index (χ4v) is 4.85. The Morgan fingerprint density at radius 1 is 0.966 bits per heavy atom. The van der Waals surface area contributed by atoms with Gasteiger partial charge in [-0.15, -0.1) is 0 Å². The van der Waals surface area contributed by atoms with Crippen LogP contribution in [0.25, 0.3) is 0 Å². The number of hydrogen-bond acceptors (Lipinski definition) is 3. The van der Waals surface area contributed by atoms with Crippen molar-refractivity contribution in [2.75, 3.05) is 4.72 Å². The maximum absolute atomic E-state index is 12.9. The number of halogens is 1. The highest BCUT2D eigenvalue weighted by molar-refractivity contribution is 7.92. The molecule has 1 atom stereocenters. The van der Waals surface area contributed by atoms with Crippen molar-refractivity contribution in [3.8, 4) is 0 Å². The Bertz CT molecular complexity index is 1120. The molecule has 6 heteroatoms. The topological polar surface area (TPSA) is 66.4 Å². The second-order valence-corrected chi connectivity index (χ2v) is 9.63. The number of benzene rings is 3. The van der Waals surface area contributed by atoms with Gasteiger partial charge in [-0.3, -0.25) is 4.72 Å². The monoisotopic (exact) mass is 427 g/mol. The lowest BCUT2D eigenvalue weighted by Gasteiger charge is -2.31. The predicted molar refractivity (Wildman–Crippen MR) is 116 cm³/mol. The van der Waals surface area contributed by atoms with Crippen molar-refractivity contribution in [3.63, 3.8) is 0 Å². The van der Waals surface area contributed by atoms with E-state index in [4.69, 9.17) is 11.6 Å². The fraction of sp³-hybridized carbons (Fsp3) is 0.217. The molecule has 0 spiro atoms. The molecule has 0 saturated heterocycles. The van der Waals surface area contributed by atoms with Crippen LogP contribution >= 0.6 is 11.6 Å². The van der Waals surface area contributed by atoms with Crippen LogP contribution in [-0.2, 0) is 15.6 Å². The summed E-state index contributed by atoms with van der Waals surface area (Å²) in [5, 5.41) is 12.4. The molecule has 0 heterocycles. The molecule has 1 fully saturated rings. The van der Waals surface area contributed by atoms with E-state index in [1.807, 2.05) is 13.0 Å². The molecule has 0 aliphatic heterocycles. The summed E-state index contributed by atoms with van der Waals surface area (Å²) in [7, 11) is -3.79. The van der Waals surface area contributed by atoms with Gasteiger partial charge in [-0.05, 0) is 61.6 Å². The third kappa shape index (κ3) is 3.90. The maximum Gasteiger partial charge on any atom is 0.261 e. The SMILES string of the molecule is Cc1ccc(S(=O)(=O)Nc2ccccc2C(O)(c2ccc(Cl)cc2)C2CC2)cc1. The van der Waals surface area contributed by atoms with Crippen molar-refractivity contribution in [2.24, 2.45) is 5.92 Å². The number of aliphatic hydroxyl groups is 1. The molecule has 0 bridgehead atoms. The standard InChI is InChI=1S/C23H22ClNO3S/c1-16-6-14-20(15-7-16)29(27,28)25-22-5-3-2-4-21(22)23(26,17-8-9-17)18-10-12-19(24)13-11-18/h2-7,10-15,17,25-26H,8-9H2,1H3. The van der Waals surface area contributed by atoms with Crippen molar-refractivity contribution in [3.05, 3.63) is 94.5 Å². The van der Waals surface area contributed by atoms with Gasteiger partial charge in [0.15, 0.2) is 0 Å². The maximum atomic E-state index is 12.9. The minimum atomic E-state index is -3.79.